The number of anilines is 1. The fourth-order valence-electron chi connectivity index (χ4n) is 2.20. The highest BCUT2D eigenvalue weighted by atomic mass is 32.2. The van der Waals surface area contributed by atoms with E-state index in [1.165, 1.54) is 24.0 Å². The summed E-state index contributed by atoms with van der Waals surface area (Å²) in [5.74, 6) is -1.44. The molecule has 1 aromatic heterocycles. The molecule has 0 aliphatic rings. The summed E-state index contributed by atoms with van der Waals surface area (Å²) in [6, 6.07) is 5.74. The molecule has 3 N–H and O–H groups in total. The second kappa shape index (κ2) is 8.11. The van der Waals surface area contributed by atoms with Crippen molar-refractivity contribution in [2.45, 2.75) is 30.7 Å². The number of aromatic nitrogens is 2. The maximum absolute atomic E-state index is 12.3. The molecule has 1 atom stereocenters. The van der Waals surface area contributed by atoms with E-state index in [0.29, 0.717) is 12.1 Å². The number of amides is 1. The predicted octanol–water partition coefficient (Wildman–Crippen LogP) is 0.743. The highest BCUT2D eigenvalue weighted by Gasteiger charge is 2.23. The Balaban J connectivity index is 2.00. The Morgan fingerprint density at radius 2 is 2.08 bits per heavy atom. The van der Waals surface area contributed by atoms with Gasteiger partial charge in [0.2, 0.25) is 15.9 Å². The summed E-state index contributed by atoms with van der Waals surface area (Å²) < 4.78 is 28.1. The van der Waals surface area contributed by atoms with E-state index in [2.05, 4.69) is 15.1 Å². The number of carboxylic acids is 1. The average Bonchev–Trinajstić information content (AvgIpc) is 3.00. The van der Waals surface area contributed by atoms with E-state index in [-0.39, 0.29) is 11.3 Å². The summed E-state index contributed by atoms with van der Waals surface area (Å²) >= 11 is 0. The zero-order valence-corrected chi connectivity index (χ0v) is 15.2. The molecule has 0 bridgehead atoms. The van der Waals surface area contributed by atoms with Crippen molar-refractivity contribution in [1.82, 2.24) is 14.5 Å². The minimum Gasteiger partial charge on any atom is -0.481 e. The van der Waals surface area contributed by atoms with Gasteiger partial charge in [-0.15, -0.1) is 0 Å². The van der Waals surface area contributed by atoms with Gasteiger partial charge in [-0.1, -0.05) is 12.1 Å². The van der Waals surface area contributed by atoms with Crippen LogP contribution in [0.4, 0.5) is 5.69 Å². The molecular weight excluding hydrogens is 360 g/mol. The summed E-state index contributed by atoms with van der Waals surface area (Å²) in [5, 5.41) is 15.1. The van der Waals surface area contributed by atoms with Crippen molar-refractivity contribution in [1.29, 1.82) is 0 Å². The molecule has 140 valence electrons. The van der Waals surface area contributed by atoms with E-state index < -0.39 is 27.9 Å². The van der Waals surface area contributed by atoms with Gasteiger partial charge in [-0.25, -0.2) is 8.42 Å². The molecule has 2 aromatic rings. The molecule has 1 amide bonds. The van der Waals surface area contributed by atoms with Crippen LogP contribution in [-0.4, -0.2) is 41.2 Å². The molecule has 0 aliphatic carbocycles. The van der Waals surface area contributed by atoms with Gasteiger partial charge in [0.05, 0.1) is 12.2 Å². The number of hydrogen-bond acceptors (Lipinski definition) is 5. The Kier molecular flexibility index (Phi) is 6.11. The first-order chi connectivity index (χ1) is 12.2. The lowest BCUT2D eigenvalue weighted by Crippen LogP contribution is -2.41. The van der Waals surface area contributed by atoms with Crippen molar-refractivity contribution in [2.75, 3.05) is 5.32 Å². The Hall–Kier alpha value is -2.72. The Morgan fingerprint density at radius 3 is 2.69 bits per heavy atom. The zero-order chi connectivity index (χ0) is 19.3. The summed E-state index contributed by atoms with van der Waals surface area (Å²) in [7, 11) is -2.27. The zero-order valence-electron chi connectivity index (χ0n) is 14.3. The first-order valence-corrected chi connectivity index (χ1v) is 9.28. The summed E-state index contributed by atoms with van der Waals surface area (Å²) in [5.41, 5.74) is 1.22. The van der Waals surface area contributed by atoms with E-state index in [1.807, 2.05) is 0 Å². The number of sulfonamides is 1. The van der Waals surface area contributed by atoms with Crippen LogP contribution in [0.1, 0.15) is 18.9 Å². The number of rotatable bonds is 8. The molecule has 0 saturated carbocycles. The third-order valence-electron chi connectivity index (χ3n) is 3.54. The molecule has 1 unspecified atom stereocenters. The molecule has 1 aromatic carbocycles. The van der Waals surface area contributed by atoms with Crippen LogP contribution in [0.3, 0.4) is 0 Å². The van der Waals surface area contributed by atoms with Gasteiger partial charge in [0.15, 0.2) is 0 Å². The van der Waals surface area contributed by atoms with Gasteiger partial charge in [0, 0.05) is 25.4 Å². The molecule has 10 heteroatoms. The normalized spacial score (nSPS) is 12.5. The maximum Gasteiger partial charge on any atom is 0.303 e. The molecule has 9 nitrogen and oxygen atoms in total. The third kappa shape index (κ3) is 5.39. The molecule has 0 radical (unpaired) electrons. The van der Waals surface area contributed by atoms with Gasteiger partial charge in [-0.3, -0.25) is 14.3 Å². The maximum atomic E-state index is 12.3. The number of nitrogens with one attached hydrogen (secondary N) is 2. The first kappa shape index (κ1) is 19.6. The van der Waals surface area contributed by atoms with Crippen LogP contribution in [0, 0.1) is 0 Å². The number of aliphatic carboxylic acids is 1. The fraction of sp³-hybridized carbons (Fsp3) is 0.312. The molecule has 1 heterocycles. The number of benzene rings is 1. The summed E-state index contributed by atoms with van der Waals surface area (Å²) in [6.45, 7) is 1.43. The average molecular weight is 380 g/mol. The lowest BCUT2D eigenvalue weighted by atomic mass is 10.1. The first-order valence-electron chi connectivity index (χ1n) is 7.80. The molecule has 2 rings (SSSR count). The standard InChI is InChI=1S/C16H20N4O5S/c1-11(19-26(24,25)14-9-17-20(2)10-14)16(23)18-13-5-3-4-12(8-13)6-7-15(21)22/h3-5,8-11,19H,6-7H2,1-2H3,(H,18,23)(H,21,22). The van der Waals surface area contributed by atoms with Crippen LogP contribution in [0.2, 0.25) is 0 Å². The topological polar surface area (TPSA) is 130 Å². The Morgan fingerprint density at radius 1 is 1.35 bits per heavy atom. The molecule has 26 heavy (non-hydrogen) atoms. The largest absolute Gasteiger partial charge is 0.481 e. The van der Waals surface area contributed by atoms with Crippen LogP contribution < -0.4 is 10.0 Å². The van der Waals surface area contributed by atoms with E-state index >= 15 is 0 Å². The number of aryl methyl sites for hydroxylation is 2. The number of carbonyl (C=O) groups excluding carboxylic acids is 1. The second-order valence-corrected chi connectivity index (χ2v) is 7.49. The molecule has 0 fully saturated rings. The van der Waals surface area contributed by atoms with Gasteiger partial charge in [-0.2, -0.15) is 9.82 Å². The molecular formula is C16H20N4O5S. The van der Waals surface area contributed by atoms with E-state index in [1.54, 1.807) is 31.3 Å². The highest BCUT2D eigenvalue weighted by Crippen LogP contribution is 2.13. The van der Waals surface area contributed by atoms with Crippen molar-refractivity contribution in [2.24, 2.45) is 7.05 Å². The van der Waals surface area contributed by atoms with Gasteiger partial charge in [0.1, 0.15) is 4.90 Å². The van der Waals surface area contributed by atoms with Gasteiger partial charge >= 0.3 is 5.97 Å². The minimum absolute atomic E-state index is 0.0152. The minimum atomic E-state index is -3.86. The van der Waals surface area contributed by atoms with E-state index in [9.17, 15) is 18.0 Å². The van der Waals surface area contributed by atoms with Crippen molar-refractivity contribution in [3.63, 3.8) is 0 Å². The molecule has 0 aliphatic heterocycles. The van der Waals surface area contributed by atoms with Gasteiger partial charge < -0.3 is 10.4 Å². The van der Waals surface area contributed by atoms with Crippen molar-refractivity contribution >= 4 is 27.6 Å². The molecule has 0 spiro atoms. The van der Waals surface area contributed by atoms with Crippen LogP contribution in [0.5, 0.6) is 0 Å². The lowest BCUT2D eigenvalue weighted by Gasteiger charge is -2.14. The SMILES string of the molecule is CC(NS(=O)(=O)c1cnn(C)c1)C(=O)Nc1cccc(CCC(=O)O)c1. The number of hydrogen-bond donors (Lipinski definition) is 3. The molecule has 0 saturated heterocycles. The van der Waals surface area contributed by atoms with Crippen molar-refractivity contribution in [3.05, 3.63) is 42.2 Å². The third-order valence-corrected chi connectivity index (χ3v) is 5.03. The van der Waals surface area contributed by atoms with Crippen molar-refractivity contribution < 1.29 is 23.1 Å². The van der Waals surface area contributed by atoms with E-state index in [0.717, 1.165) is 5.56 Å². The monoisotopic (exact) mass is 380 g/mol. The Bertz CT molecular complexity index is 907. The summed E-state index contributed by atoms with van der Waals surface area (Å²) in [4.78, 5) is 22.9. The summed E-state index contributed by atoms with van der Waals surface area (Å²) in [6.07, 6.45) is 2.85. The highest BCUT2D eigenvalue weighted by molar-refractivity contribution is 7.89. The van der Waals surface area contributed by atoms with Crippen molar-refractivity contribution in [3.8, 4) is 0 Å². The quantitative estimate of drug-likeness (QED) is 0.619. The van der Waals surface area contributed by atoms with Crippen LogP contribution in [0.25, 0.3) is 0 Å². The van der Waals surface area contributed by atoms with E-state index in [4.69, 9.17) is 5.11 Å². The predicted molar refractivity (Wildman–Crippen MR) is 94.0 cm³/mol. The lowest BCUT2D eigenvalue weighted by molar-refractivity contribution is -0.137. The van der Waals surface area contributed by atoms with Gasteiger partial charge in [0.25, 0.3) is 0 Å². The fourth-order valence-corrected chi connectivity index (χ4v) is 3.38. The van der Waals surface area contributed by atoms with Gasteiger partial charge in [-0.05, 0) is 31.0 Å². The van der Waals surface area contributed by atoms with Crippen LogP contribution in [-0.2, 0) is 33.1 Å². The smallest absolute Gasteiger partial charge is 0.303 e. The number of carbonyl (C=O) groups is 2. The number of carboxylic acid groups (broad SMARTS) is 1. The number of nitrogens with zero attached hydrogens (tertiary/aromatic N) is 2. The van der Waals surface area contributed by atoms with Crippen LogP contribution >= 0.6 is 0 Å². The Labute approximate surface area is 151 Å². The second-order valence-electron chi connectivity index (χ2n) is 5.78. The van der Waals surface area contributed by atoms with Crippen LogP contribution in [0.15, 0.2) is 41.6 Å².